The van der Waals surface area contributed by atoms with Crippen molar-refractivity contribution in [2.45, 2.75) is 32.1 Å². The van der Waals surface area contributed by atoms with E-state index in [1.54, 1.807) is 6.33 Å². The van der Waals surface area contributed by atoms with Gasteiger partial charge in [-0.05, 0) is 43.4 Å². The Morgan fingerprint density at radius 2 is 2.25 bits per heavy atom. The van der Waals surface area contributed by atoms with Crippen LogP contribution in [0.5, 0.6) is 0 Å². The van der Waals surface area contributed by atoms with Gasteiger partial charge in [-0.25, -0.2) is 4.98 Å². The van der Waals surface area contributed by atoms with Crippen molar-refractivity contribution in [2.75, 3.05) is 26.7 Å². The number of aliphatic imine (C=N–C) groups is 1. The van der Waals surface area contributed by atoms with E-state index >= 15 is 0 Å². The molecule has 0 amide bonds. The van der Waals surface area contributed by atoms with Crippen LogP contribution in [0.3, 0.4) is 0 Å². The molecule has 0 atom stereocenters. The minimum atomic E-state index is 0.473. The zero-order chi connectivity index (χ0) is 16.8. The van der Waals surface area contributed by atoms with Crippen molar-refractivity contribution in [1.29, 1.82) is 0 Å². The maximum absolute atomic E-state index is 4.44. The average molecular weight is 327 g/mol. The Balaban J connectivity index is 1.48. The van der Waals surface area contributed by atoms with E-state index in [4.69, 9.17) is 0 Å². The standard InChI is InChI=1S/C17H25N7/c1-13-11-19-7-3-14(13)4-8-20-17(18-2)24-9-5-15(6-10-24)16-21-12-22-23-16/h3,7,11-12,15H,4-6,8-10H2,1-2H3,(H,18,20)(H,21,22,23). The molecule has 2 aromatic rings. The number of aromatic nitrogens is 4. The highest BCUT2D eigenvalue weighted by Gasteiger charge is 2.24. The van der Waals surface area contributed by atoms with E-state index in [0.717, 1.165) is 50.7 Å². The van der Waals surface area contributed by atoms with Crippen LogP contribution in [0.4, 0.5) is 0 Å². The molecule has 0 aromatic carbocycles. The molecule has 2 aromatic heterocycles. The van der Waals surface area contributed by atoms with Crippen molar-refractivity contribution in [1.82, 2.24) is 30.4 Å². The summed E-state index contributed by atoms with van der Waals surface area (Å²) in [5, 5.41) is 10.4. The number of H-pyrrole nitrogens is 1. The van der Waals surface area contributed by atoms with Crippen LogP contribution >= 0.6 is 0 Å². The molecule has 1 aliphatic heterocycles. The van der Waals surface area contributed by atoms with Crippen LogP contribution in [0.1, 0.15) is 35.7 Å². The maximum Gasteiger partial charge on any atom is 0.193 e. The predicted molar refractivity (Wildman–Crippen MR) is 94.0 cm³/mol. The summed E-state index contributed by atoms with van der Waals surface area (Å²) in [6.07, 6.45) is 8.47. The quantitative estimate of drug-likeness (QED) is 0.657. The van der Waals surface area contributed by atoms with Crippen LogP contribution in [0.25, 0.3) is 0 Å². The normalized spacial score (nSPS) is 16.4. The van der Waals surface area contributed by atoms with Crippen LogP contribution in [0.2, 0.25) is 0 Å². The lowest BCUT2D eigenvalue weighted by Crippen LogP contribution is -2.45. The minimum Gasteiger partial charge on any atom is -0.356 e. The molecule has 128 valence electrons. The van der Waals surface area contributed by atoms with Gasteiger partial charge in [0.25, 0.3) is 0 Å². The lowest BCUT2D eigenvalue weighted by atomic mass is 9.96. The van der Waals surface area contributed by atoms with Crippen LogP contribution in [-0.2, 0) is 6.42 Å². The first-order valence-corrected chi connectivity index (χ1v) is 8.48. The van der Waals surface area contributed by atoms with E-state index in [1.807, 2.05) is 19.4 Å². The molecule has 0 spiro atoms. The average Bonchev–Trinajstić information content (AvgIpc) is 3.15. The fourth-order valence-electron chi connectivity index (χ4n) is 3.20. The summed E-state index contributed by atoms with van der Waals surface area (Å²) in [6, 6.07) is 2.09. The monoisotopic (exact) mass is 327 g/mol. The largest absolute Gasteiger partial charge is 0.356 e. The van der Waals surface area contributed by atoms with E-state index < -0.39 is 0 Å². The number of aromatic amines is 1. The Labute approximate surface area is 142 Å². The van der Waals surface area contributed by atoms with Crippen molar-refractivity contribution in [3.8, 4) is 0 Å². The van der Waals surface area contributed by atoms with Gasteiger partial charge in [-0.2, -0.15) is 5.10 Å². The lowest BCUT2D eigenvalue weighted by Gasteiger charge is -2.33. The number of nitrogens with zero attached hydrogens (tertiary/aromatic N) is 5. The number of piperidine rings is 1. The second-order valence-corrected chi connectivity index (χ2v) is 6.16. The predicted octanol–water partition coefficient (Wildman–Crippen LogP) is 1.51. The van der Waals surface area contributed by atoms with Gasteiger partial charge in [0.2, 0.25) is 0 Å². The van der Waals surface area contributed by atoms with Crippen LogP contribution in [0.15, 0.2) is 29.8 Å². The highest BCUT2D eigenvalue weighted by molar-refractivity contribution is 5.80. The topological polar surface area (TPSA) is 82.1 Å². The SMILES string of the molecule is CN=C(NCCc1ccncc1C)N1CCC(c2ncn[nH]2)CC1. The fourth-order valence-corrected chi connectivity index (χ4v) is 3.20. The smallest absolute Gasteiger partial charge is 0.193 e. The molecule has 1 fully saturated rings. The Hall–Kier alpha value is -2.44. The van der Waals surface area contributed by atoms with Gasteiger partial charge in [0, 0.05) is 45.0 Å². The summed E-state index contributed by atoms with van der Waals surface area (Å²) in [5.41, 5.74) is 2.57. The number of likely N-dealkylation sites (tertiary alicyclic amines) is 1. The molecule has 3 rings (SSSR count). The first-order chi connectivity index (χ1) is 11.8. The van der Waals surface area contributed by atoms with Gasteiger partial charge >= 0.3 is 0 Å². The summed E-state index contributed by atoms with van der Waals surface area (Å²) in [7, 11) is 1.85. The first kappa shape index (κ1) is 16.4. The number of rotatable bonds is 4. The van der Waals surface area contributed by atoms with Crippen LogP contribution in [0, 0.1) is 6.92 Å². The van der Waals surface area contributed by atoms with Gasteiger partial charge in [0.05, 0.1) is 0 Å². The van der Waals surface area contributed by atoms with Crippen LogP contribution < -0.4 is 5.32 Å². The molecule has 1 aliphatic rings. The number of pyridine rings is 1. The molecule has 2 N–H and O–H groups in total. The maximum atomic E-state index is 4.44. The Kier molecular flexibility index (Phi) is 5.40. The van der Waals surface area contributed by atoms with Crippen molar-refractivity contribution < 1.29 is 0 Å². The third-order valence-electron chi connectivity index (χ3n) is 4.64. The molecule has 7 heteroatoms. The molecule has 24 heavy (non-hydrogen) atoms. The minimum absolute atomic E-state index is 0.473. The first-order valence-electron chi connectivity index (χ1n) is 8.48. The highest BCUT2D eigenvalue weighted by atomic mass is 15.3. The molecular weight excluding hydrogens is 302 g/mol. The third-order valence-corrected chi connectivity index (χ3v) is 4.64. The lowest BCUT2D eigenvalue weighted by molar-refractivity contribution is 0.299. The van der Waals surface area contributed by atoms with Gasteiger partial charge in [-0.15, -0.1) is 0 Å². The second kappa shape index (κ2) is 7.90. The molecule has 0 saturated carbocycles. The molecule has 0 unspecified atom stereocenters. The van der Waals surface area contributed by atoms with Crippen molar-refractivity contribution in [2.24, 2.45) is 4.99 Å². The summed E-state index contributed by atoms with van der Waals surface area (Å²) < 4.78 is 0. The highest BCUT2D eigenvalue weighted by Crippen LogP contribution is 2.24. The zero-order valence-electron chi connectivity index (χ0n) is 14.4. The van der Waals surface area contributed by atoms with Gasteiger partial charge < -0.3 is 10.2 Å². The van der Waals surface area contributed by atoms with Crippen molar-refractivity contribution in [3.05, 3.63) is 41.7 Å². The number of hydrogen-bond acceptors (Lipinski definition) is 4. The van der Waals surface area contributed by atoms with Crippen molar-refractivity contribution in [3.63, 3.8) is 0 Å². The Morgan fingerprint density at radius 1 is 1.42 bits per heavy atom. The summed E-state index contributed by atoms with van der Waals surface area (Å²) >= 11 is 0. The van der Waals surface area contributed by atoms with Crippen molar-refractivity contribution >= 4 is 5.96 Å². The fraction of sp³-hybridized carbons (Fsp3) is 0.529. The second-order valence-electron chi connectivity index (χ2n) is 6.16. The van der Waals surface area contributed by atoms with Gasteiger partial charge in [-0.3, -0.25) is 15.1 Å². The molecule has 1 saturated heterocycles. The van der Waals surface area contributed by atoms with E-state index in [9.17, 15) is 0 Å². The molecule has 0 aliphatic carbocycles. The third kappa shape index (κ3) is 3.90. The summed E-state index contributed by atoms with van der Waals surface area (Å²) in [5.74, 6) is 2.46. The molecule has 3 heterocycles. The van der Waals surface area contributed by atoms with E-state index in [2.05, 4.69) is 48.4 Å². The number of aryl methyl sites for hydroxylation is 1. The van der Waals surface area contributed by atoms with E-state index in [1.165, 1.54) is 11.1 Å². The van der Waals surface area contributed by atoms with Gasteiger partial charge in [0.15, 0.2) is 5.96 Å². The van der Waals surface area contributed by atoms with Crippen LogP contribution in [-0.4, -0.2) is 57.7 Å². The number of guanidine groups is 1. The molecule has 0 radical (unpaired) electrons. The molecule has 0 bridgehead atoms. The summed E-state index contributed by atoms with van der Waals surface area (Å²) in [4.78, 5) is 15.2. The Morgan fingerprint density at radius 3 is 2.92 bits per heavy atom. The van der Waals surface area contributed by atoms with Gasteiger partial charge in [-0.1, -0.05) is 0 Å². The molecule has 7 nitrogen and oxygen atoms in total. The summed E-state index contributed by atoms with van der Waals surface area (Å²) in [6.45, 7) is 4.95. The Bertz CT molecular complexity index is 657. The van der Waals surface area contributed by atoms with Gasteiger partial charge in [0.1, 0.15) is 12.2 Å². The van der Waals surface area contributed by atoms with E-state index in [-0.39, 0.29) is 0 Å². The number of hydrogen-bond donors (Lipinski definition) is 2. The molecular formula is C17H25N7. The van der Waals surface area contributed by atoms with E-state index in [0.29, 0.717) is 5.92 Å². The number of nitrogens with one attached hydrogen (secondary N) is 2. The zero-order valence-corrected chi connectivity index (χ0v) is 14.4.